The summed E-state index contributed by atoms with van der Waals surface area (Å²) in [5.74, 6) is -0.714. The smallest absolute Gasteiger partial charge is 0.341 e. The van der Waals surface area contributed by atoms with Crippen molar-refractivity contribution in [2.24, 2.45) is 0 Å². The van der Waals surface area contributed by atoms with Crippen LogP contribution in [0, 0.1) is 0 Å². The number of fused-ring (bicyclic) bond motifs is 1. The largest absolute Gasteiger partial charge is 0.465 e. The first-order valence-electron chi connectivity index (χ1n) is 11.2. The normalized spacial score (nSPS) is 13.6. The number of nitrogens with zero attached hydrogens (tertiary/aromatic N) is 4. The fraction of sp³-hybridized carbons (Fsp3) is 0.458. The highest BCUT2D eigenvalue weighted by molar-refractivity contribution is 5.88. The van der Waals surface area contributed by atoms with Crippen LogP contribution in [-0.4, -0.2) is 56.3 Å². The quantitative estimate of drug-likeness (QED) is 0.505. The van der Waals surface area contributed by atoms with Crippen molar-refractivity contribution in [1.82, 2.24) is 24.5 Å². The Morgan fingerprint density at radius 3 is 2.62 bits per heavy atom. The molecule has 1 saturated carbocycles. The van der Waals surface area contributed by atoms with Crippen LogP contribution >= 0.6 is 0 Å². The number of ether oxygens (including phenoxy) is 2. The van der Waals surface area contributed by atoms with E-state index in [9.17, 15) is 14.4 Å². The number of rotatable bonds is 8. The van der Waals surface area contributed by atoms with Crippen molar-refractivity contribution in [2.45, 2.75) is 58.1 Å². The van der Waals surface area contributed by atoms with Gasteiger partial charge in [-0.15, -0.1) is 0 Å². The Bertz CT molecular complexity index is 1230. The Balaban J connectivity index is 1.51. The van der Waals surface area contributed by atoms with Crippen molar-refractivity contribution in [3.8, 4) is 0 Å². The molecule has 3 aromatic rings. The highest BCUT2D eigenvalue weighted by Crippen LogP contribution is 2.40. The highest BCUT2D eigenvalue weighted by atomic mass is 16.6. The maximum absolute atomic E-state index is 12.6. The van der Waals surface area contributed by atoms with Crippen LogP contribution in [0.2, 0.25) is 0 Å². The Morgan fingerprint density at radius 2 is 1.94 bits per heavy atom. The van der Waals surface area contributed by atoms with Gasteiger partial charge < -0.3 is 19.2 Å². The van der Waals surface area contributed by atoms with Gasteiger partial charge in [0.05, 0.1) is 37.5 Å². The molecule has 0 aliphatic heterocycles. The Labute approximate surface area is 197 Å². The van der Waals surface area contributed by atoms with E-state index in [1.54, 1.807) is 31.6 Å². The van der Waals surface area contributed by atoms with Crippen molar-refractivity contribution in [3.05, 3.63) is 53.2 Å². The van der Waals surface area contributed by atoms with E-state index in [0.29, 0.717) is 23.7 Å². The number of methoxy groups -OCH3 is 1. The van der Waals surface area contributed by atoms with Gasteiger partial charge >= 0.3 is 11.9 Å². The summed E-state index contributed by atoms with van der Waals surface area (Å²) in [5, 5.41) is 6.84. The van der Waals surface area contributed by atoms with Crippen LogP contribution < -0.4 is 5.32 Å². The Hall–Kier alpha value is -3.69. The van der Waals surface area contributed by atoms with Crippen molar-refractivity contribution in [2.75, 3.05) is 13.7 Å². The maximum Gasteiger partial charge on any atom is 0.341 e. The van der Waals surface area contributed by atoms with Gasteiger partial charge in [-0.2, -0.15) is 5.10 Å². The Morgan fingerprint density at radius 1 is 1.18 bits per heavy atom. The average molecular weight is 468 g/mol. The molecular formula is C24H29N5O5. The lowest BCUT2D eigenvalue weighted by atomic mass is 10.1. The molecule has 0 unspecified atom stereocenters. The molecule has 0 aromatic carbocycles. The molecule has 0 atom stereocenters. The lowest BCUT2D eigenvalue weighted by molar-refractivity contribution is -0.154. The number of imidazole rings is 1. The van der Waals surface area contributed by atoms with Gasteiger partial charge in [0.2, 0.25) is 5.91 Å². The summed E-state index contributed by atoms with van der Waals surface area (Å²) in [6.07, 6.45) is 9.36. The van der Waals surface area contributed by atoms with Crippen LogP contribution in [0.1, 0.15) is 66.7 Å². The fourth-order valence-corrected chi connectivity index (χ4v) is 3.71. The lowest BCUT2D eigenvalue weighted by Crippen LogP contribution is -2.35. The van der Waals surface area contributed by atoms with E-state index in [1.807, 2.05) is 16.7 Å². The molecule has 3 heterocycles. The summed E-state index contributed by atoms with van der Waals surface area (Å²) in [5.41, 5.74) is 3.12. The molecule has 0 saturated heterocycles. The van der Waals surface area contributed by atoms with Gasteiger partial charge in [-0.05, 0) is 51.2 Å². The number of carbonyl (C=O) groups is 3. The average Bonchev–Trinajstić information content (AvgIpc) is 3.37. The molecule has 180 valence electrons. The number of aromatic nitrogens is 4. The number of hydrogen-bond acceptors (Lipinski definition) is 7. The van der Waals surface area contributed by atoms with E-state index >= 15 is 0 Å². The molecule has 1 fully saturated rings. The summed E-state index contributed by atoms with van der Waals surface area (Å²) in [4.78, 5) is 40.9. The third-order valence-electron chi connectivity index (χ3n) is 5.33. The predicted molar refractivity (Wildman–Crippen MR) is 122 cm³/mol. The molecule has 34 heavy (non-hydrogen) atoms. The molecule has 3 aromatic heterocycles. The zero-order valence-electron chi connectivity index (χ0n) is 19.8. The molecule has 10 heteroatoms. The zero-order valence-corrected chi connectivity index (χ0v) is 19.8. The summed E-state index contributed by atoms with van der Waals surface area (Å²) < 4.78 is 13.5. The summed E-state index contributed by atoms with van der Waals surface area (Å²) in [6.45, 7) is 5.52. The van der Waals surface area contributed by atoms with Crippen molar-refractivity contribution >= 4 is 23.5 Å². The zero-order chi connectivity index (χ0) is 24.5. The number of hydrogen-bond donors (Lipinski definition) is 1. The van der Waals surface area contributed by atoms with Crippen molar-refractivity contribution in [1.29, 1.82) is 0 Å². The number of carbonyl (C=O) groups excluding carboxylic acids is 3. The number of amides is 1. The minimum absolute atomic E-state index is 0.0948. The van der Waals surface area contributed by atoms with Crippen LogP contribution in [0.15, 0.2) is 30.9 Å². The first kappa shape index (κ1) is 23.5. The lowest BCUT2D eigenvalue weighted by Gasteiger charge is -2.19. The van der Waals surface area contributed by atoms with Crippen LogP contribution in [0.4, 0.5) is 0 Å². The van der Waals surface area contributed by atoms with E-state index in [1.165, 1.54) is 18.9 Å². The second-order valence-corrected chi connectivity index (χ2v) is 9.49. The van der Waals surface area contributed by atoms with Gasteiger partial charge in [0, 0.05) is 24.2 Å². The van der Waals surface area contributed by atoms with E-state index in [2.05, 4.69) is 16.6 Å². The second kappa shape index (κ2) is 9.28. The molecule has 4 rings (SSSR count). The highest BCUT2D eigenvalue weighted by Gasteiger charge is 2.26. The molecule has 1 aliphatic carbocycles. The molecule has 0 bridgehead atoms. The predicted octanol–water partition coefficient (Wildman–Crippen LogP) is 2.24. The van der Waals surface area contributed by atoms with Crippen LogP contribution in [0.5, 0.6) is 0 Å². The molecule has 1 aliphatic rings. The third kappa shape index (κ3) is 5.81. The van der Waals surface area contributed by atoms with E-state index < -0.39 is 17.5 Å². The summed E-state index contributed by atoms with van der Waals surface area (Å²) in [6, 6.07) is 2.03. The summed E-state index contributed by atoms with van der Waals surface area (Å²) >= 11 is 0. The molecule has 10 nitrogen and oxygen atoms in total. The van der Waals surface area contributed by atoms with Gasteiger partial charge in [-0.25, -0.2) is 9.78 Å². The topological polar surface area (TPSA) is 117 Å². The van der Waals surface area contributed by atoms with Gasteiger partial charge in [0.25, 0.3) is 0 Å². The molecule has 1 N–H and O–H groups in total. The summed E-state index contributed by atoms with van der Waals surface area (Å²) in [7, 11) is 1.32. The third-order valence-corrected chi connectivity index (χ3v) is 5.33. The Kier molecular flexibility index (Phi) is 6.41. The number of pyridine rings is 1. The van der Waals surface area contributed by atoms with Crippen molar-refractivity contribution in [3.63, 3.8) is 0 Å². The van der Waals surface area contributed by atoms with Gasteiger partial charge in [0.15, 0.2) is 0 Å². The molecular weight excluding hydrogens is 438 g/mol. The van der Waals surface area contributed by atoms with E-state index in [0.717, 1.165) is 24.1 Å². The number of nitrogens with one attached hydrogen (secondary N) is 1. The fourth-order valence-electron chi connectivity index (χ4n) is 3.71. The number of esters is 2. The standard InChI is InChI=1S/C24H29N5O5/c1-24(2,3)34-21(31)10-25-20(30)8-16-7-17(15-5-6-15)11-28-13-19(27-22(16)28)14-29-12-18(9-26-29)23(32)33-4/h7,9,11-13,15H,5-6,8,10,14H2,1-4H3,(H,25,30). The van der Waals surface area contributed by atoms with Crippen LogP contribution in [0.3, 0.4) is 0 Å². The van der Waals surface area contributed by atoms with Gasteiger partial charge in [0.1, 0.15) is 17.8 Å². The minimum atomic E-state index is -0.606. The molecule has 1 amide bonds. The van der Waals surface area contributed by atoms with Gasteiger partial charge in [-0.1, -0.05) is 0 Å². The van der Waals surface area contributed by atoms with E-state index in [4.69, 9.17) is 14.5 Å². The first-order valence-corrected chi connectivity index (χ1v) is 11.2. The first-order chi connectivity index (χ1) is 16.1. The molecule has 0 radical (unpaired) electrons. The van der Waals surface area contributed by atoms with E-state index in [-0.39, 0.29) is 18.9 Å². The maximum atomic E-state index is 12.6. The SMILES string of the molecule is COC(=O)c1cnn(Cc2cn3cc(C4CC4)cc(CC(=O)NCC(=O)OC(C)(C)C)c3n2)c1. The molecule has 0 spiro atoms. The minimum Gasteiger partial charge on any atom is -0.465 e. The second-order valence-electron chi connectivity index (χ2n) is 9.49. The van der Waals surface area contributed by atoms with Gasteiger partial charge in [-0.3, -0.25) is 14.3 Å². The van der Waals surface area contributed by atoms with Crippen molar-refractivity contribution < 1.29 is 23.9 Å². The van der Waals surface area contributed by atoms with Crippen LogP contribution in [0.25, 0.3) is 5.65 Å². The van der Waals surface area contributed by atoms with Crippen LogP contribution in [-0.2, 0) is 32.0 Å². The monoisotopic (exact) mass is 467 g/mol.